The van der Waals surface area contributed by atoms with Crippen molar-refractivity contribution in [3.8, 4) is 11.5 Å². The third-order valence-electron chi connectivity index (χ3n) is 6.76. The Kier molecular flexibility index (Phi) is 8.61. The molecule has 0 heterocycles. The van der Waals surface area contributed by atoms with E-state index < -0.39 is 69.9 Å². The minimum Gasteiger partial charge on any atom is -0.442 e. The van der Waals surface area contributed by atoms with Crippen molar-refractivity contribution in [2.45, 2.75) is 33.1 Å². The summed E-state index contributed by atoms with van der Waals surface area (Å²) >= 11 is 0. The summed E-state index contributed by atoms with van der Waals surface area (Å²) in [6, 6.07) is 15.3. The molecule has 17 heteroatoms. The first kappa shape index (κ1) is 32.4. The molecule has 0 radical (unpaired) electrons. The minimum absolute atomic E-state index is 0.115. The highest BCUT2D eigenvalue weighted by Gasteiger charge is 2.37. The molecular weight excluding hydrogens is 608 g/mol. The predicted octanol–water partition coefficient (Wildman–Crippen LogP) is 8.10. The Morgan fingerprint density at radius 3 is 1.57 bits per heavy atom. The number of nitrogens with zero attached hydrogens (tertiary/aromatic N) is 6. The van der Waals surface area contributed by atoms with Crippen LogP contribution in [0.2, 0.25) is 0 Å². The average molecular weight is 633 g/mol. The number of hydrogen-bond acceptors (Lipinski definition) is 12. The third kappa shape index (κ3) is 6.37. The van der Waals surface area contributed by atoms with Gasteiger partial charge in [0.05, 0.1) is 42.4 Å². The van der Waals surface area contributed by atoms with E-state index in [1.54, 1.807) is 24.3 Å². The van der Waals surface area contributed by atoms with E-state index >= 15 is 0 Å². The van der Waals surface area contributed by atoms with Crippen LogP contribution in [0.25, 0.3) is 0 Å². The lowest BCUT2D eigenvalue weighted by molar-refractivity contribution is -0.404. The second kappa shape index (κ2) is 12.2. The zero-order valence-corrected chi connectivity index (χ0v) is 24.6. The Bertz CT molecular complexity index is 1850. The molecule has 0 aliphatic heterocycles. The van der Waals surface area contributed by atoms with Crippen LogP contribution < -0.4 is 9.64 Å². The van der Waals surface area contributed by atoms with Gasteiger partial charge < -0.3 is 4.74 Å². The Hall–Kier alpha value is -6.52. The van der Waals surface area contributed by atoms with Crippen LogP contribution in [-0.2, 0) is 5.41 Å². The van der Waals surface area contributed by atoms with Crippen molar-refractivity contribution in [2.24, 2.45) is 0 Å². The summed E-state index contributed by atoms with van der Waals surface area (Å²) in [5.41, 5.74) is -4.70. The molecule has 0 fully saturated rings. The maximum absolute atomic E-state index is 12.4. The van der Waals surface area contributed by atoms with E-state index in [0.717, 1.165) is 17.0 Å². The predicted molar refractivity (Wildman–Crippen MR) is 164 cm³/mol. The van der Waals surface area contributed by atoms with Crippen LogP contribution in [0.5, 0.6) is 11.5 Å². The average Bonchev–Trinajstić information content (AvgIpc) is 2.97. The number of non-ortho nitro benzene ring substituents is 1. The van der Waals surface area contributed by atoms with Crippen molar-refractivity contribution in [1.29, 1.82) is 0 Å². The van der Waals surface area contributed by atoms with Gasteiger partial charge in [-0.05, 0) is 47.7 Å². The highest BCUT2D eigenvalue weighted by Crippen LogP contribution is 2.52. The topological polar surface area (TPSA) is 228 Å². The van der Waals surface area contributed by atoms with Crippen molar-refractivity contribution in [2.75, 3.05) is 4.90 Å². The Morgan fingerprint density at radius 1 is 0.630 bits per heavy atom. The number of nitro groups is 5. The lowest BCUT2D eigenvalue weighted by atomic mass is 9.86. The molecule has 0 unspecified atom stereocenters. The molecular formula is C29H24N6O11. The fraction of sp³-hybridized carbons (Fsp3) is 0.172. The van der Waals surface area contributed by atoms with Crippen LogP contribution in [0.3, 0.4) is 0 Å². The number of para-hydroxylation sites is 1. The second-order valence-electron chi connectivity index (χ2n) is 11.0. The lowest BCUT2D eigenvalue weighted by Gasteiger charge is -2.29. The summed E-state index contributed by atoms with van der Waals surface area (Å²) in [6.07, 6.45) is 0. The second-order valence-corrected chi connectivity index (χ2v) is 11.0. The van der Waals surface area contributed by atoms with Crippen molar-refractivity contribution in [1.82, 2.24) is 0 Å². The lowest BCUT2D eigenvalue weighted by Crippen LogP contribution is -2.17. The van der Waals surface area contributed by atoms with Gasteiger partial charge in [0.25, 0.3) is 11.4 Å². The van der Waals surface area contributed by atoms with Crippen molar-refractivity contribution in [3.63, 3.8) is 0 Å². The molecule has 4 rings (SSSR count). The molecule has 236 valence electrons. The molecule has 0 bridgehead atoms. The first-order valence-electron chi connectivity index (χ1n) is 13.2. The number of ether oxygens (including phenoxy) is 1. The first-order chi connectivity index (χ1) is 21.5. The van der Waals surface area contributed by atoms with Gasteiger partial charge in [-0.25, -0.2) is 0 Å². The number of hydrogen-bond donors (Lipinski definition) is 0. The molecule has 0 aliphatic rings. The SMILES string of the molecule is Cc1cc([N+](=O)[O-])c(N(c2ccccc2)c2cc(C(C)(C)C)ccc2Oc2c([N+](=O)[O-])cc([N+](=O)[O-])cc2[N+](=O)[O-])c([N+](=O)[O-])c1. The van der Waals surface area contributed by atoms with Gasteiger partial charge >= 0.3 is 22.7 Å². The molecule has 4 aromatic carbocycles. The minimum atomic E-state index is -1.11. The zero-order valence-electron chi connectivity index (χ0n) is 24.6. The van der Waals surface area contributed by atoms with Gasteiger partial charge in [0.2, 0.25) is 5.69 Å². The van der Waals surface area contributed by atoms with Crippen molar-refractivity contribution in [3.05, 3.63) is 134 Å². The van der Waals surface area contributed by atoms with Crippen LogP contribution in [0.1, 0.15) is 31.9 Å². The van der Waals surface area contributed by atoms with E-state index in [4.69, 9.17) is 4.74 Å². The van der Waals surface area contributed by atoms with Gasteiger partial charge in [0.15, 0.2) is 5.75 Å². The molecule has 0 saturated carbocycles. The first-order valence-corrected chi connectivity index (χ1v) is 13.2. The van der Waals surface area contributed by atoms with Gasteiger partial charge in [-0.15, -0.1) is 0 Å². The molecule has 0 aromatic heterocycles. The van der Waals surface area contributed by atoms with E-state index in [2.05, 4.69) is 0 Å². The Morgan fingerprint density at radius 2 is 1.13 bits per heavy atom. The fourth-order valence-electron chi connectivity index (χ4n) is 4.63. The molecule has 4 aromatic rings. The maximum Gasteiger partial charge on any atom is 0.325 e. The quantitative estimate of drug-likeness (QED) is 0.119. The monoisotopic (exact) mass is 632 g/mol. The fourth-order valence-corrected chi connectivity index (χ4v) is 4.63. The molecule has 17 nitrogen and oxygen atoms in total. The largest absolute Gasteiger partial charge is 0.442 e. The van der Waals surface area contributed by atoms with Gasteiger partial charge in [0.1, 0.15) is 0 Å². The van der Waals surface area contributed by atoms with Crippen LogP contribution in [-0.4, -0.2) is 24.6 Å². The summed E-state index contributed by atoms with van der Waals surface area (Å²) in [5, 5.41) is 60.1. The van der Waals surface area contributed by atoms with Gasteiger partial charge in [-0.2, -0.15) is 0 Å². The standard InChI is InChI=1S/C29H24N6O11/c1-17-12-22(32(38)39)27(23(13-17)33(40)41)30(19-8-6-5-7-9-19)21-14-18(29(2,3)4)10-11-26(21)46-28-24(34(42)43)15-20(31(36)37)16-25(28)35(44)45/h5-16H,1-4H3. The molecule has 0 amide bonds. The Labute approximate surface area is 259 Å². The van der Waals surface area contributed by atoms with Crippen molar-refractivity contribution < 1.29 is 29.4 Å². The van der Waals surface area contributed by atoms with E-state index in [0.29, 0.717) is 17.7 Å². The van der Waals surface area contributed by atoms with E-state index in [1.807, 2.05) is 20.8 Å². The highest BCUT2D eigenvalue weighted by atomic mass is 16.6. The summed E-state index contributed by atoms with van der Waals surface area (Å²) in [6.45, 7) is 6.95. The molecule has 0 saturated heterocycles. The van der Waals surface area contributed by atoms with Gasteiger partial charge in [-0.1, -0.05) is 45.0 Å². The van der Waals surface area contributed by atoms with E-state index in [9.17, 15) is 50.6 Å². The van der Waals surface area contributed by atoms with E-state index in [-0.39, 0.29) is 22.7 Å². The van der Waals surface area contributed by atoms with Crippen LogP contribution in [0.15, 0.2) is 72.8 Å². The number of aryl methyl sites for hydroxylation is 1. The van der Waals surface area contributed by atoms with Crippen LogP contribution in [0.4, 0.5) is 45.5 Å². The smallest absolute Gasteiger partial charge is 0.325 e. The van der Waals surface area contributed by atoms with Crippen LogP contribution >= 0.6 is 0 Å². The molecule has 46 heavy (non-hydrogen) atoms. The van der Waals surface area contributed by atoms with Crippen LogP contribution in [0, 0.1) is 57.5 Å². The Balaban J connectivity index is 2.17. The zero-order chi connectivity index (χ0) is 34.1. The summed E-state index contributed by atoms with van der Waals surface area (Å²) in [7, 11) is 0. The maximum atomic E-state index is 12.4. The number of nitro benzene ring substituents is 5. The van der Waals surface area contributed by atoms with Gasteiger partial charge in [0, 0.05) is 17.8 Å². The van der Waals surface area contributed by atoms with E-state index in [1.165, 1.54) is 31.2 Å². The summed E-state index contributed by atoms with van der Waals surface area (Å²) < 4.78 is 5.86. The van der Waals surface area contributed by atoms with Gasteiger partial charge in [-0.3, -0.25) is 55.5 Å². The number of anilines is 3. The highest BCUT2D eigenvalue weighted by molar-refractivity contribution is 5.90. The third-order valence-corrected chi connectivity index (χ3v) is 6.76. The molecule has 0 spiro atoms. The molecule has 0 aliphatic carbocycles. The number of rotatable bonds is 10. The normalized spacial score (nSPS) is 11.0. The molecule has 0 N–H and O–H groups in total. The summed E-state index contributed by atoms with van der Waals surface area (Å²) in [5.74, 6) is -1.31. The summed E-state index contributed by atoms with van der Waals surface area (Å²) in [4.78, 5) is 56.5. The van der Waals surface area contributed by atoms with Crippen molar-refractivity contribution >= 4 is 45.5 Å². The molecule has 0 atom stereocenters. The number of benzene rings is 4.